The number of methoxy groups -OCH3 is 2. The maximum atomic E-state index is 13.4. The molecule has 4 nitrogen and oxygen atoms in total. The van der Waals surface area contributed by atoms with E-state index in [1.54, 1.807) is 14.2 Å². The van der Waals surface area contributed by atoms with Crippen molar-refractivity contribution < 1.29 is 13.9 Å². The first-order valence-corrected chi connectivity index (χ1v) is 8.15. The highest BCUT2D eigenvalue weighted by atomic mass is 19.1. The molecule has 1 N–H and O–H groups in total. The lowest BCUT2D eigenvalue weighted by molar-refractivity contribution is 0.195. The van der Waals surface area contributed by atoms with Crippen LogP contribution in [0.4, 0.5) is 4.39 Å². The molecular formula is C19H23FN2O2. The smallest absolute Gasteiger partial charge is 0.124 e. The SMILES string of the molecule is COc1ccc(OC)c(C(c2ccc(F)cc2)N2CCNCC2)c1. The Morgan fingerprint density at radius 2 is 1.71 bits per heavy atom. The number of rotatable bonds is 5. The van der Waals surface area contributed by atoms with Gasteiger partial charge in [-0.05, 0) is 35.9 Å². The van der Waals surface area contributed by atoms with Gasteiger partial charge in [-0.15, -0.1) is 0 Å². The van der Waals surface area contributed by atoms with Crippen LogP contribution in [-0.2, 0) is 0 Å². The topological polar surface area (TPSA) is 33.7 Å². The van der Waals surface area contributed by atoms with Crippen LogP contribution in [0.25, 0.3) is 0 Å². The van der Waals surface area contributed by atoms with E-state index in [9.17, 15) is 4.39 Å². The number of benzene rings is 2. The molecule has 2 aromatic rings. The number of nitrogens with one attached hydrogen (secondary N) is 1. The summed E-state index contributed by atoms with van der Waals surface area (Å²) in [4.78, 5) is 2.39. The van der Waals surface area contributed by atoms with E-state index < -0.39 is 0 Å². The van der Waals surface area contributed by atoms with Gasteiger partial charge in [-0.1, -0.05) is 12.1 Å². The molecular weight excluding hydrogens is 307 g/mol. The van der Waals surface area contributed by atoms with Gasteiger partial charge in [0.05, 0.1) is 20.3 Å². The highest BCUT2D eigenvalue weighted by Crippen LogP contribution is 2.37. The molecule has 0 spiro atoms. The molecule has 1 heterocycles. The van der Waals surface area contributed by atoms with E-state index in [1.807, 2.05) is 30.3 Å². The summed E-state index contributed by atoms with van der Waals surface area (Å²) in [6.45, 7) is 3.71. The van der Waals surface area contributed by atoms with E-state index in [-0.39, 0.29) is 11.9 Å². The Kier molecular flexibility index (Phi) is 5.33. The zero-order chi connectivity index (χ0) is 16.9. The molecule has 1 atom stereocenters. The molecule has 0 saturated carbocycles. The molecule has 1 aliphatic rings. The van der Waals surface area contributed by atoms with Gasteiger partial charge in [-0.25, -0.2) is 4.39 Å². The number of hydrogen-bond acceptors (Lipinski definition) is 4. The summed E-state index contributed by atoms with van der Waals surface area (Å²) < 4.78 is 24.4. The molecule has 5 heteroatoms. The second-order valence-electron chi connectivity index (χ2n) is 5.85. The molecule has 1 aliphatic heterocycles. The summed E-state index contributed by atoms with van der Waals surface area (Å²) in [6, 6.07) is 12.5. The van der Waals surface area contributed by atoms with Crippen LogP contribution < -0.4 is 14.8 Å². The van der Waals surface area contributed by atoms with Crippen LogP contribution >= 0.6 is 0 Å². The average Bonchev–Trinajstić information content (AvgIpc) is 2.64. The first kappa shape index (κ1) is 16.7. The fraction of sp³-hybridized carbons (Fsp3) is 0.368. The van der Waals surface area contributed by atoms with Crippen molar-refractivity contribution in [3.63, 3.8) is 0 Å². The quantitative estimate of drug-likeness (QED) is 0.914. The highest BCUT2D eigenvalue weighted by Gasteiger charge is 2.27. The van der Waals surface area contributed by atoms with Crippen LogP contribution in [0.2, 0.25) is 0 Å². The Labute approximate surface area is 142 Å². The van der Waals surface area contributed by atoms with Crippen molar-refractivity contribution in [2.75, 3.05) is 40.4 Å². The molecule has 1 unspecified atom stereocenters. The second-order valence-corrected chi connectivity index (χ2v) is 5.85. The summed E-state index contributed by atoms with van der Waals surface area (Å²) >= 11 is 0. The van der Waals surface area contributed by atoms with Crippen LogP contribution in [-0.4, -0.2) is 45.3 Å². The van der Waals surface area contributed by atoms with E-state index in [4.69, 9.17) is 9.47 Å². The summed E-state index contributed by atoms with van der Waals surface area (Å²) in [5.41, 5.74) is 2.08. The maximum Gasteiger partial charge on any atom is 0.124 e. The Hall–Kier alpha value is -2.11. The molecule has 0 aromatic heterocycles. The van der Waals surface area contributed by atoms with E-state index in [1.165, 1.54) is 12.1 Å². The molecule has 128 valence electrons. The predicted molar refractivity (Wildman–Crippen MR) is 92.2 cm³/mol. The Morgan fingerprint density at radius 1 is 1.00 bits per heavy atom. The number of piperazine rings is 1. The van der Waals surface area contributed by atoms with Gasteiger partial charge in [-0.3, -0.25) is 4.90 Å². The Morgan fingerprint density at radius 3 is 2.33 bits per heavy atom. The van der Waals surface area contributed by atoms with E-state index in [0.29, 0.717) is 0 Å². The van der Waals surface area contributed by atoms with Crippen molar-refractivity contribution in [3.05, 3.63) is 59.4 Å². The molecule has 0 bridgehead atoms. The molecule has 2 aromatic carbocycles. The largest absolute Gasteiger partial charge is 0.497 e. The van der Waals surface area contributed by atoms with Gasteiger partial charge < -0.3 is 14.8 Å². The summed E-state index contributed by atoms with van der Waals surface area (Å²) in [7, 11) is 3.33. The first-order chi connectivity index (χ1) is 11.7. The van der Waals surface area contributed by atoms with Gasteiger partial charge in [0.25, 0.3) is 0 Å². The molecule has 0 radical (unpaired) electrons. The van der Waals surface area contributed by atoms with E-state index in [2.05, 4.69) is 10.2 Å². The van der Waals surface area contributed by atoms with Crippen LogP contribution in [0.3, 0.4) is 0 Å². The van der Waals surface area contributed by atoms with Gasteiger partial charge in [0.2, 0.25) is 0 Å². The minimum Gasteiger partial charge on any atom is -0.497 e. The Bertz CT molecular complexity index is 670. The molecule has 24 heavy (non-hydrogen) atoms. The van der Waals surface area contributed by atoms with Gasteiger partial charge in [0.1, 0.15) is 17.3 Å². The zero-order valence-electron chi connectivity index (χ0n) is 14.1. The fourth-order valence-electron chi connectivity index (χ4n) is 3.23. The zero-order valence-corrected chi connectivity index (χ0v) is 14.1. The standard InChI is InChI=1S/C19H23FN2O2/c1-23-16-7-8-18(24-2)17(13-16)19(22-11-9-21-10-12-22)14-3-5-15(20)6-4-14/h3-8,13,19,21H,9-12H2,1-2H3. The average molecular weight is 330 g/mol. The molecule has 3 rings (SSSR count). The molecule has 0 aliphatic carbocycles. The summed E-state index contributed by atoms with van der Waals surface area (Å²) in [5.74, 6) is 1.37. The first-order valence-electron chi connectivity index (χ1n) is 8.15. The number of hydrogen-bond donors (Lipinski definition) is 1. The van der Waals surface area contributed by atoms with Crippen LogP contribution in [0.5, 0.6) is 11.5 Å². The number of ether oxygens (including phenoxy) is 2. The van der Waals surface area contributed by atoms with Crippen molar-refractivity contribution in [1.29, 1.82) is 0 Å². The normalized spacial score (nSPS) is 16.6. The van der Waals surface area contributed by atoms with Gasteiger partial charge >= 0.3 is 0 Å². The monoisotopic (exact) mass is 330 g/mol. The van der Waals surface area contributed by atoms with E-state index in [0.717, 1.165) is 48.8 Å². The minimum absolute atomic E-state index is 0.00208. The predicted octanol–water partition coefficient (Wildman–Crippen LogP) is 2.84. The van der Waals surface area contributed by atoms with E-state index >= 15 is 0 Å². The summed E-state index contributed by atoms with van der Waals surface area (Å²) in [6.07, 6.45) is 0. The van der Waals surface area contributed by atoms with Gasteiger partial charge in [0, 0.05) is 31.7 Å². The lowest BCUT2D eigenvalue weighted by Gasteiger charge is -2.36. The van der Waals surface area contributed by atoms with Crippen LogP contribution in [0.1, 0.15) is 17.2 Å². The third-order valence-electron chi connectivity index (χ3n) is 4.43. The number of halogens is 1. The highest BCUT2D eigenvalue weighted by molar-refractivity contribution is 5.46. The molecule has 1 saturated heterocycles. The second kappa shape index (κ2) is 7.64. The fourth-order valence-corrected chi connectivity index (χ4v) is 3.23. The lowest BCUT2D eigenvalue weighted by Crippen LogP contribution is -2.45. The van der Waals surface area contributed by atoms with Crippen molar-refractivity contribution in [2.24, 2.45) is 0 Å². The van der Waals surface area contributed by atoms with Gasteiger partial charge in [0.15, 0.2) is 0 Å². The van der Waals surface area contributed by atoms with Crippen molar-refractivity contribution in [2.45, 2.75) is 6.04 Å². The van der Waals surface area contributed by atoms with Gasteiger partial charge in [-0.2, -0.15) is 0 Å². The van der Waals surface area contributed by atoms with Crippen LogP contribution in [0.15, 0.2) is 42.5 Å². The number of nitrogens with zero attached hydrogens (tertiary/aromatic N) is 1. The Balaban J connectivity index is 2.08. The third kappa shape index (κ3) is 3.52. The van der Waals surface area contributed by atoms with Crippen molar-refractivity contribution in [3.8, 4) is 11.5 Å². The van der Waals surface area contributed by atoms with Crippen molar-refractivity contribution >= 4 is 0 Å². The van der Waals surface area contributed by atoms with Crippen molar-refractivity contribution in [1.82, 2.24) is 10.2 Å². The summed E-state index contributed by atoms with van der Waals surface area (Å²) in [5, 5.41) is 3.38. The van der Waals surface area contributed by atoms with Crippen LogP contribution in [0, 0.1) is 5.82 Å². The molecule has 0 amide bonds. The minimum atomic E-state index is -0.226. The lowest BCUT2D eigenvalue weighted by atomic mass is 9.95. The maximum absolute atomic E-state index is 13.4. The third-order valence-corrected chi connectivity index (χ3v) is 4.43. The molecule has 1 fully saturated rings.